The summed E-state index contributed by atoms with van der Waals surface area (Å²) in [5.74, 6) is 0.602. The van der Waals surface area contributed by atoms with Crippen LogP contribution < -0.4 is 5.32 Å². The molecule has 1 N–H and O–H groups in total. The molecule has 0 aromatic carbocycles. The zero-order valence-electron chi connectivity index (χ0n) is 9.57. The summed E-state index contributed by atoms with van der Waals surface area (Å²) in [4.78, 5) is 17.8. The first kappa shape index (κ1) is 12.3. The van der Waals surface area contributed by atoms with E-state index in [2.05, 4.69) is 26.2 Å². The van der Waals surface area contributed by atoms with Gasteiger partial charge in [0.25, 0.3) is 0 Å². The van der Waals surface area contributed by atoms with Crippen LogP contribution in [-0.2, 0) is 4.74 Å². The average molecular weight is 300 g/mol. The minimum absolute atomic E-state index is 0.119. The normalized spacial score (nSPS) is 15.8. The number of carbonyl (C=O) groups is 1. The SMILES string of the molecule is Cc1cc(Br)cnc1NC(=O)N1CCOCC1. The number of nitrogens with one attached hydrogen (secondary N) is 1. The Morgan fingerprint density at radius 2 is 2.24 bits per heavy atom. The lowest BCUT2D eigenvalue weighted by Gasteiger charge is -2.26. The number of anilines is 1. The van der Waals surface area contributed by atoms with Crippen molar-refractivity contribution in [2.75, 3.05) is 31.6 Å². The number of nitrogens with zero attached hydrogens (tertiary/aromatic N) is 2. The van der Waals surface area contributed by atoms with Crippen molar-refractivity contribution in [1.82, 2.24) is 9.88 Å². The van der Waals surface area contributed by atoms with E-state index >= 15 is 0 Å². The quantitative estimate of drug-likeness (QED) is 0.863. The molecule has 0 radical (unpaired) electrons. The first-order chi connectivity index (χ1) is 8.16. The number of morpholine rings is 1. The molecule has 0 atom stereocenters. The van der Waals surface area contributed by atoms with Crippen molar-refractivity contribution in [1.29, 1.82) is 0 Å². The number of urea groups is 1. The molecule has 1 fully saturated rings. The third-order valence-corrected chi connectivity index (χ3v) is 3.00. The van der Waals surface area contributed by atoms with Crippen LogP contribution in [0.4, 0.5) is 10.6 Å². The molecule has 1 aromatic rings. The molecule has 2 rings (SSSR count). The number of carbonyl (C=O) groups excluding carboxylic acids is 1. The van der Waals surface area contributed by atoms with Crippen LogP contribution in [-0.4, -0.2) is 42.2 Å². The van der Waals surface area contributed by atoms with E-state index in [1.165, 1.54) is 0 Å². The minimum Gasteiger partial charge on any atom is -0.378 e. The predicted octanol–water partition coefficient (Wildman–Crippen LogP) is 2.02. The van der Waals surface area contributed by atoms with Crippen LogP contribution in [0.25, 0.3) is 0 Å². The highest BCUT2D eigenvalue weighted by molar-refractivity contribution is 9.10. The number of pyridine rings is 1. The lowest BCUT2D eigenvalue weighted by atomic mass is 10.3. The summed E-state index contributed by atoms with van der Waals surface area (Å²) < 4.78 is 6.10. The van der Waals surface area contributed by atoms with E-state index in [1.54, 1.807) is 11.1 Å². The van der Waals surface area contributed by atoms with Gasteiger partial charge in [-0.05, 0) is 34.5 Å². The molecular formula is C11H14BrN3O2. The Balaban J connectivity index is 2.02. The summed E-state index contributed by atoms with van der Waals surface area (Å²) in [7, 11) is 0. The van der Waals surface area contributed by atoms with Crippen LogP contribution in [0.15, 0.2) is 16.7 Å². The van der Waals surface area contributed by atoms with Crippen molar-refractivity contribution >= 4 is 27.8 Å². The average Bonchev–Trinajstić information content (AvgIpc) is 2.34. The standard InChI is InChI=1S/C11H14BrN3O2/c1-8-6-9(12)7-13-10(8)14-11(16)15-2-4-17-5-3-15/h6-7H,2-5H2,1H3,(H,13,14,16). The number of aromatic nitrogens is 1. The van der Waals surface area contributed by atoms with Gasteiger partial charge in [0.2, 0.25) is 0 Å². The van der Waals surface area contributed by atoms with E-state index in [0.717, 1.165) is 10.0 Å². The fourth-order valence-electron chi connectivity index (χ4n) is 1.62. The smallest absolute Gasteiger partial charge is 0.323 e. The van der Waals surface area contributed by atoms with Gasteiger partial charge in [-0.1, -0.05) is 0 Å². The Hall–Kier alpha value is -1.14. The third-order valence-electron chi connectivity index (χ3n) is 2.57. The molecule has 0 saturated carbocycles. The van der Waals surface area contributed by atoms with Crippen LogP contribution in [0.5, 0.6) is 0 Å². The molecule has 1 aliphatic heterocycles. The summed E-state index contributed by atoms with van der Waals surface area (Å²) >= 11 is 3.34. The molecule has 2 amide bonds. The maximum absolute atomic E-state index is 11.9. The van der Waals surface area contributed by atoms with E-state index in [-0.39, 0.29) is 6.03 Å². The molecule has 92 valence electrons. The van der Waals surface area contributed by atoms with Gasteiger partial charge < -0.3 is 9.64 Å². The van der Waals surface area contributed by atoms with Gasteiger partial charge in [-0.15, -0.1) is 0 Å². The van der Waals surface area contributed by atoms with E-state index < -0.39 is 0 Å². The predicted molar refractivity (Wildman–Crippen MR) is 68.1 cm³/mol. The molecule has 0 unspecified atom stereocenters. The van der Waals surface area contributed by atoms with Crippen molar-refractivity contribution < 1.29 is 9.53 Å². The maximum atomic E-state index is 11.9. The molecule has 0 spiro atoms. The van der Waals surface area contributed by atoms with Crippen molar-refractivity contribution in [3.8, 4) is 0 Å². The molecule has 2 heterocycles. The summed E-state index contributed by atoms with van der Waals surface area (Å²) in [6.45, 7) is 4.36. The second-order valence-corrected chi connectivity index (χ2v) is 4.76. The Morgan fingerprint density at radius 1 is 1.53 bits per heavy atom. The first-order valence-electron chi connectivity index (χ1n) is 5.42. The molecule has 1 aromatic heterocycles. The third kappa shape index (κ3) is 3.17. The van der Waals surface area contributed by atoms with Gasteiger partial charge in [0.05, 0.1) is 13.2 Å². The molecule has 0 bridgehead atoms. The zero-order chi connectivity index (χ0) is 12.3. The van der Waals surface area contributed by atoms with Crippen LogP contribution in [0.3, 0.4) is 0 Å². The van der Waals surface area contributed by atoms with Crippen LogP contribution in [0.2, 0.25) is 0 Å². The Morgan fingerprint density at radius 3 is 2.88 bits per heavy atom. The van der Waals surface area contributed by atoms with Gasteiger partial charge in [0.15, 0.2) is 0 Å². The fourth-order valence-corrected chi connectivity index (χ4v) is 2.06. The molecule has 17 heavy (non-hydrogen) atoms. The van der Waals surface area contributed by atoms with Crippen LogP contribution in [0, 0.1) is 6.92 Å². The summed E-state index contributed by atoms with van der Waals surface area (Å²) in [5.41, 5.74) is 0.931. The topological polar surface area (TPSA) is 54.5 Å². The highest BCUT2D eigenvalue weighted by Gasteiger charge is 2.17. The number of aryl methyl sites for hydroxylation is 1. The van der Waals surface area contributed by atoms with Crippen molar-refractivity contribution in [2.24, 2.45) is 0 Å². The van der Waals surface area contributed by atoms with Crippen molar-refractivity contribution in [2.45, 2.75) is 6.92 Å². The molecular weight excluding hydrogens is 286 g/mol. The van der Waals surface area contributed by atoms with Crippen molar-refractivity contribution in [3.63, 3.8) is 0 Å². The van der Waals surface area contributed by atoms with Crippen LogP contribution >= 0.6 is 15.9 Å². The van der Waals surface area contributed by atoms with Gasteiger partial charge >= 0.3 is 6.03 Å². The minimum atomic E-state index is -0.119. The molecule has 0 aliphatic carbocycles. The molecule has 1 saturated heterocycles. The summed E-state index contributed by atoms with van der Waals surface area (Å²) in [6, 6.07) is 1.80. The largest absolute Gasteiger partial charge is 0.378 e. The van der Waals surface area contributed by atoms with E-state index in [0.29, 0.717) is 32.1 Å². The number of rotatable bonds is 1. The lowest BCUT2D eigenvalue weighted by molar-refractivity contribution is 0.0564. The molecule has 1 aliphatic rings. The van der Waals surface area contributed by atoms with Gasteiger partial charge in [0, 0.05) is 23.8 Å². The monoisotopic (exact) mass is 299 g/mol. The zero-order valence-corrected chi connectivity index (χ0v) is 11.2. The first-order valence-corrected chi connectivity index (χ1v) is 6.22. The van der Waals surface area contributed by atoms with E-state index in [1.807, 2.05) is 13.0 Å². The summed E-state index contributed by atoms with van der Waals surface area (Å²) in [5, 5.41) is 2.81. The van der Waals surface area contributed by atoms with Crippen molar-refractivity contribution in [3.05, 3.63) is 22.3 Å². The Kier molecular flexibility index (Phi) is 3.96. The number of halogens is 1. The lowest BCUT2D eigenvalue weighted by Crippen LogP contribution is -2.43. The Labute approximate surface area is 108 Å². The second-order valence-electron chi connectivity index (χ2n) is 3.85. The fraction of sp³-hybridized carbons (Fsp3) is 0.455. The second kappa shape index (κ2) is 5.46. The van der Waals surface area contributed by atoms with Gasteiger partial charge in [-0.25, -0.2) is 9.78 Å². The number of hydrogen-bond donors (Lipinski definition) is 1. The Bertz CT molecular complexity index is 419. The number of amides is 2. The van der Waals surface area contributed by atoms with E-state index in [9.17, 15) is 4.79 Å². The molecule has 6 heteroatoms. The maximum Gasteiger partial charge on any atom is 0.323 e. The van der Waals surface area contributed by atoms with Gasteiger partial charge in [-0.3, -0.25) is 5.32 Å². The van der Waals surface area contributed by atoms with Gasteiger partial charge in [0.1, 0.15) is 5.82 Å². The molecule has 5 nitrogen and oxygen atoms in total. The highest BCUT2D eigenvalue weighted by Crippen LogP contribution is 2.17. The number of hydrogen-bond acceptors (Lipinski definition) is 3. The van der Waals surface area contributed by atoms with E-state index in [4.69, 9.17) is 4.74 Å². The van der Waals surface area contributed by atoms with Gasteiger partial charge in [-0.2, -0.15) is 0 Å². The highest BCUT2D eigenvalue weighted by atomic mass is 79.9. The number of ether oxygens (including phenoxy) is 1. The van der Waals surface area contributed by atoms with Crippen LogP contribution in [0.1, 0.15) is 5.56 Å². The summed E-state index contributed by atoms with van der Waals surface area (Å²) in [6.07, 6.45) is 1.67.